The Morgan fingerprint density at radius 1 is 1.17 bits per heavy atom. The SMILES string of the molecule is COc1ccc(CNC(=O)CC2COc3ccccc32)cc1OC. The Balaban J connectivity index is 1.57. The van der Waals surface area contributed by atoms with Gasteiger partial charge in [0.2, 0.25) is 5.91 Å². The van der Waals surface area contributed by atoms with Gasteiger partial charge in [-0.05, 0) is 23.8 Å². The Bertz CT molecular complexity index is 729. The van der Waals surface area contributed by atoms with Gasteiger partial charge in [-0.15, -0.1) is 0 Å². The van der Waals surface area contributed by atoms with Crippen LogP contribution in [0.3, 0.4) is 0 Å². The minimum absolute atomic E-state index is 0.00934. The van der Waals surface area contributed by atoms with E-state index in [-0.39, 0.29) is 11.8 Å². The lowest BCUT2D eigenvalue weighted by Gasteiger charge is -2.12. The van der Waals surface area contributed by atoms with Crippen molar-refractivity contribution in [3.05, 3.63) is 53.6 Å². The third-order valence-corrected chi connectivity index (χ3v) is 4.17. The predicted octanol–water partition coefficient (Wildman–Crippen LogP) is 2.89. The van der Waals surface area contributed by atoms with Crippen molar-refractivity contribution in [1.82, 2.24) is 5.32 Å². The van der Waals surface area contributed by atoms with Gasteiger partial charge in [-0.2, -0.15) is 0 Å². The lowest BCUT2D eigenvalue weighted by atomic mass is 9.97. The molecule has 0 bridgehead atoms. The predicted molar refractivity (Wildman–Crippen MR) is 90.7 cm³/mol. The monoisotopic (exact) mass is 327 g/mol. The van der Waals surface area contributed by atoms with Crippen LogP contribution in [-0.2, 0) is 11.3 Å². The third kappa shape index (κ3) is 3.45. The number of rotatable bonds is 6. The van der Waals surface area contributed by atoms with Gasteiger partial charge in [-0.25, -0.2) is 0 Å². The highest BCUT2D eigenvalue weighted by molar-refractivity contribution is 5.77. The van der Waals surface area contributed by atoms with Crippen molar-refractivity contribution < 1.29 is 19.0 Å². The molecule has 1 aliphatic rings. The Kier molecular flexibility index (Phi) is 4.89. The molecule has 1 heterocycles. The summed E-state index contributed by atoms with van der Waals surface area (Å²) >= 11 is 0. The van der Waals surface area contributed by atoms with E-state index in [1.165, 1.54) is 0 Å². The van der Waals surface area contributed by atoms with Gasteiger partial charge in [0, 0.05) is 24.4 Å². The zero-order chi connectivity index (χ0) is 16.9. The number of carbonyl (C=O) groups is 1. The Morgan fingerprint density at radius 3 is 2.75 bits per heavy atom. The van der Waals surface area contributed by atoms with Gasteiger partial charge >= 0.3 is 0 Å². The molecule has 24 heavy (non-hydrogen) atoms. The number of methoxy groups -OCH3 is 2. The summed E-state index contributed by atoms with van der Waals surface area (Å²) in [5, 5.41) is 2.95. The molecule has 0 fully saturated rings. The van der Waals surface area contributed by atoms with Crippen LogP contribution in [-0.4, -0.2) is 26.7 Å². The smallest absolute Gasteiger partial charge is 0.221 e. The molecule has 5 heteroatoms. The van der Waals surface area contributed by atoms with Gasteiger partial charge < -0.3 is 19.5 Å². The minimum Gasteiger partial charge on any atom is -0.493 e. The van der Waals surface area contributed by atoms with Gasteiger partial charge in [-0.3, -0.25) is 4.79 Å². The average Bonchev–Trinajstić information content (AvgIpc) is 3.02. The third-order valence-electron chi connectivity index (χ3n) is 4.17. The fourth-order valence-corrected chi connectivity index (χ4v) is 2.89. The summed E-state index contributed by atoms with van der Waals surface area (Å²) in [5.41, 5.74) is 2.07. The van der Waals surface area contributed by atoms with E-state index in [1.807, 2.05) is 42.5 Å². The maximum Gasteiger partial charge on any atom is 0.221 e. The second kappa shape index (κ2) is 7.25. The first-order chi connectivity index (χ1) is 11.7. The van der Waals surface area contributed by atoms with Crippen LogP contribution in [0.1, 0.15) is 23.5 Å². The standard InChI is InChI=1S/C19H21NO4/c1-22-17-8-7-13(9-18(17)23-2)11-20-19(21)10-14-12-24-16-6-4-3-5-15(14)16/h3-9,14H,10-12H2,1-2H3,(H,20,21). The van der Waals surface area contributed by atoms with Gasteiger partial charge in [0.15, 0.2) is 11.5 Å². The van der Waals surface area contributed by atoms with Crippen LogP contribution in [0.15, 0.2) is 42.5 Å². The molecule has 0 aliphatic carbocycles. The zero-order valence-electron chi connectivity index (χ0n) is 13.9. The number of hydrogen-bond donors (Lipinski definition) is 1. The fraction of sp³-hybridized carbons (Fsp3) is 0.316. The van der Waals surface area contributed by atoms with E-state index in [9.17, 15) is 4.79 Å². The van der Waals surface area contributed by atoms with Crippen molar-refractivity contribution in [3.63, 3.8) is 0 Å². The van der Waals surface area contributed by atoms with E-state index in [0.717, 1.165) is 16.9 Å². The maximum atomic E-state index is 12.2. The highest BCUT2D eigenvalue weighted by atomic mass is 16.5. The molecule has 1 N–H and O–H groups in total. The van der Waals surface area contributed by atoms with E-state index in [0.29, 0.717) is 31.1 Å². The van der Waals surface area contributed by atoms with Gasteiger partial charge in [0.25, 0.3) is 0 Å². The van der Waals surface area contributed by atoms with Gasteiger partial charge in [0.05, 0.1) is 20.8 Å². The van der Waals surface area contributed by atoms with Crippen LogP contribution in [0.5, 0.6) is 17.2 Å². The minimum atomic E-state index is 0.00934. The average molecular weight is 327 g/mol. The maximum absolute atomic E-state index is 12.2. The number of hydrogen-bond acceptors (Lipinski definition) is 4. The van der Waals surface area contributed by atoms with Crippen molar-refractivity contribution in [2.24, 2.45) is 0 Å². The van der Waals surface area contributed by atoms with Crippen molar-refractivity contribution in [1.29, 1.82) is 0 Å². The number of nitrogens with one attached hydrogen (secondary N) is 1. The molecule has 0 saturated carbocycles. The van der Waals surface area contributed by atoms with Crippen molar-refractivity contribution in [2.75, 3.05) is 20.8 Å². The molecule has 0 saturated heterocycles. The lowest BCUT2D eigenvalue weighted by Crippen LogP contribution is -2.25. The Hall–Kier alpha value is -2.69. The van der Waals surface area contributed by atoms with E-state index in [2.05, 4.69) is 5.32 Å². The van der Waals surface area contributed by atoms with E-state index < -0.39 is 0 Å². The molecular weight excluding hydrogens is 306 g/mol. The van der Waals surface area contributed by atoms with E-state index in [1.54, 1.807) is 14.2 Å². The molecule has 0 spiro atoms. The quantitative estimate of drug-likeness (QED) is 0.886. The molecule has 0 aromatic heterocycles. The molecule has 2 aromatic carbocycles. The highest BCUT2D eigenvalue weighted by Crippen LogP contribution is 2.35. The topological polar surface area (TPSA) is 56.8 Å². The van der Waals surface area contributed by atoms with Crippen LogP contribution in [0, 0.1) is 0 Å². The Morgan fingerprint density at radius 2 is 1.96 bits per heavy atom. The van der Waals surface area contributed by atoms with Crippen molar-refractivity contribution >= 4 is 5.91 Å². The molecule has 1 aliphatic heterocycles. The lowest BCUT2D eigenvalue weighted by molar-refractivity contribution is -0.121. The molecule has 2 aromatic rings. The highest BCUT2D eigenvalue weighted by Gasteiger charge is 2.25. The molecule has 1 amide bonds. The summed E-state index contributed by atoms with van der Waals surface area (Å²) in [4.78, 5) is 12.2. The van der Waals surface area contributed by atoms with Crippen molar-refractivity contribution in [3.8, 4) is 17.2 Å². The first-order valence-electron chi connectivity index (χ1n) is 7.90. The number of amides is 1. The largest absolute Gasteiger partial charge is 0.493 e. The Labute approximate surface area is 141 Å². The summed E-state index contributed by atoms with van der Waals surface area (Å²) < 4.78 is 16.1. The second-order valence-corrected chi connectivity index (χ2v) is 5.72. The first kappa shape index (κ1) is 16.2. The number of para-hydroxylation sites is 1. The number of ether oxygens (including phenoxy) is 3. The first-order valence-corrected chi connectivity index (χ1v) is 7.90. The number of benzene rings is 2. The molecule has 5 nitrogen and oxygen atoms in total. The van der Waals surface area contributed by atoms with Crippen LogP contribution < -0.4 is 19.5 Å². The van der Waals surface area contributed by atoms with Crippen molar-refractivity contribution in [2.45, 2.75) is 18.9 Å². The summed E-state index contributed by atoms with van der Waals surface area (Å²) in [5.74, 6) is 2.34. The van der Waals surface area contributed by atoms with Crippen LogP contribution >= 0.6 is 0 Å². The van der Waals surface area contributed by atoms with Gasteiger partial charge in [-0.1, -0.05) is 24.3 Å². The van der Waals surface area contributed by atoms with Crippen LogP contribution in [0.2, 0.25) is 0 Å². The zero-order valence-corrected chi connectivity index (χ0v) is 13.9. The summed E-state index contributed by atoms with van der Waals surface area (Å²) in [6.45, 7) is 1.01. The molecule has 1 unspecified atom stereocenters. The second-order valence-electron chi connectivity index (χ2n) is 5.72. The van der Waals surface area contributed by atoms with Gasteiger partial charge in [0.1, 0.15) is 5.75 Å². The van der Waals surface area contributed by atoms with E-state index in [4.69, 9.17) is 14.2 Å². The van der Waals surface area contributed by atoms with Crippen LogP contribution in [0.4, 0.5) is 0 Å². The number of fused-ring (bicyclic) bond motifs is 1. The summed E-state index contributed by atoms with van der Waals surface area (Å²) in [6, 6.07) is 13.5. The molecule has 126 valence electrons. The fourth-order valence-electron chi connectivity index (χ4n) is 2.89. The number of carbonyl (C=O) groups excluding carboxylic acids is 1. The summed E-state index contributed by atoms with van der Waals surface area (Å²) in [7, 11) is 3.19. The summed E-state index contributed by atoms with van der Waals surface area (Å²) in [6.07, 6.45) is 0.421. The van der Waals surface area contributed by atoms with E-state index >= 15 is 0 Å². The molecular formula is C19H21NO4. The normalized spacial score (nSPS) is 15.3. The van der Waals surface area contributed by atoms with Crippen LogP contribution in [0.25, 0.3) is 0 Å². The molecule has 0 radical (unpaired) electrons. The molecule has 1 atom stereocenters. The molecule has 3 rings (SSSR count).